The summed E-state index contributed by atoms with van der Waals surface area (Å²) in [7, 11) is 0. The zero-order valence-corrected chi connectivity index (χ0v) is 8.38. The summed E-state index contributed by atoms with van der Waals surface area (Å²) in [5.41, 5.74) is 1.28. The highest BCUT2D eigenvalue weighted by molar-refractivity contribution is 6.38. The van der Waals surface area contributed by atoms with Crippen molar-refractivity contribution in [3.8, 4) is 0 Å². The monoisotopic (exact) mass is 237 g/mol. The molecule has 8 heteroatoms. The summed E-state index contributed by atoms with van der Waals surface area (Å²) >= 11 is 0. The molecule has 0 saturated carbocycles. The lowest BCUT2D eigenvalue weighted by Gasteiger charge is -2.01. The fourth-order valence-corrected chi connectivity index (χ4v) is 0.955. The van der Waals surface area contributed by atoms with Gasteiger partial charge in [-0.15, -0.1) is 0 Å². The van der Waals surface area contributed by atoms with Crippen molar-refractivity contribution in [3.63, 3.8) is 0 Å². The molecule has 1 aromatic rings. The predicted octanol–water partition coefficient (Wildman–Crippen LogP) is -0.749. The van der Waals surface area contributed by atoms with Crippen molar-refractivity contribution in [1.82, 2.24) is 10.7 Å². The molecule has 1 aromatic carbocycles. The van der Waals surface area contributed by atoms with Crippen LogP contribution in [0.1, 0.15) is 10.4 Å². The Morgan fingerprint density at radius 3 is 2.18 bits per heavy atom. The van der Waals surface area contributed by atoms with Gasteiger partial charge in [0.2, 0.25) is 0 Å². The molecule has 8 nitrogen and oxygen atoms in total. The second kappa shape index (κ2) is 5.35. The van der Waals surface area contributed by atoms with Gasteiger partial charge in [-0.3, -0.25) is 19.7 Å². The molecule has 0 saturated heterocycles. The minimum absolute atomic E-state index is 0.162. The molecule has 0 bridgehead atoms. The fourth-order valence-electron chi connectivity index (χ4n) is 0.955. The Labute approximate surface area is 94.7 Å². The third-order valence-electron chi connectivity index (χ3n) is 1.66. The van der Waals surface area contributed by atoms with Crippen LogP contribution in [-0.4, -0.2) is 22.8 Å². The Bertz CT molecular complexity index is 471. The van der Waals surface area contributed by atoms with E-state index >= 15 is 0 Å². The first kappa shape index (κ1) is 12.3. The number of imide groups is 1. The number of hydrogen-bond donors (Lipinski definition) is 2. The van der Waals surface area contributed by atoms with Crippen LogP contribution in [0, 0.1) is 10.1 Å². The molecule has 0 fully saturated rings. The van der Waals surface area contributed by atoms with Crippen molar-refractivity contribution in [2.45, 2.75) is 0 Å². The molecule has 0 aromatic heterocycles. The highest BCUT2D eigenvalue weighted by Gasteiger charge is 2.21. The maximum atomic E-state index is 11.4. The molecule has 0 aliphatic carbocycles. The lowest BCUT2D eigenvalue weighted by Crippen LogP contribution is -2.44. The molecule has 0 aliphatic heterocycles. The molecule has 0 atom stereocenters. The number of hydrogen-bond acceptors (Lipinski definition) is 5. The van der Waals surface area contributed by atoms with Crippen molar-refractivity contribution in [2.24, 2.45) is 0 Å². The topological polar surface area (TPSA) is 118 Å². The van der Waals surface area contributed by atoms with Crippen LogP contribution in [0.3, 0.4) is 0 Å². The van der Waals surface area contributed by atoms with E-state index in [4.69, 9.17) is 0 Å². The number of rotatable bonds is 2. The van der Waals surface area contributed by atoms with E-state index in [2.05, 4.69) is 0 Å². The molecule has 0 unspecified atom stereocenters. The molecule has 0 radical (unpaired) electrons. The van der Waals surface area contributed by atoms with Crippen LogP contribution in [0.15, 0.2) is 30.3 Å². The molecule has 0 aliphatic rings. The number of amides is 3. The summed E-state index contributed by atoms with van der Waals surface area (Å²) in [6.45, 7) is 0. The Morgan fingerprint density at radius 1 is 1.06 bits per heavy atom. The van der Waals surface area contributed by atoms with Gasteiger partial charge in [-0.05, 0) is 12.1 Å². The first-order valence-electron chi connectivity index (χ1n) is 4.36. The van der Waals surface area contributed by atoms with Gasteiger partial charge in [0.15, 0.2) is 5.03 Å². The highest BCUT2D eigenvalue weighted by Crippen LogP contribution is 1.97. The molecular formula is C9H7N3O5. The number of carbonyl (C=O) groups excluding carboxylic acids is 3. The summed E-state index contributed by atoms with van der Waals surface area (Å²) in [5, 5.41) is 10.4. The second-order valence-corrected chi connectivity index (χ2v) is 2.85. The number of nitrogens with one attached hydrogen (secondary N) is 2. The third-order valence-corrected chi connectivity index (χ3v) is 1.66. The van der Waals surface area contributed by atoms with Gasteiger partial charge in [0.1, 0.15) is 0 Å². The van der Waals surface area contributed by atoms with Crippen molar-refractivity contribution in [3.05, 3.63) is 46.0 Å². The first-order valence-corrected chi connectivity index (χ1v) is 4.36. The predicted molar refractivity (Wildman–Crippen MR) is 54.1 cm³/mol. The Morgan fingerprint density at radius 2 is 1.65 bits per heavy atom. The van der Waals surface area contributed by atoms with Crippen LogP contribution in [0.5, 0.6) is 0 Å². The maximum absolute atomic E-state index is 11.4. The second-order valence-electron chi connectivity index (χ2n) is 2.85. The molecule has 2 N–H and O–H groups in total. The fraction of sp³-hybridized carbons (Fsp3) is 0. The first-order chi connectivity index (χ1) is 8.00. The van der Waals surface area contributed by atoms with Crippen LogP contribution >= 0.6 is 0 Å². The standard InChI is InChI=1S/C9H7N3O5/c13-7(6-4-2-1-3-5-6)10-8(14)9(15)11-12(16)17/h1-5H,(H,11,15)(H,10,13,14). The number of nitrogens with zero attached hydrogens (tertiary/aromatic N) is 1. The average molecular weight is 237 g/mol. The highest BCUT2D eigenvalue weighted by atomic mass is 16.7. The summed E-state index contributed by atoms with van der Waals surface area (Å²) in [4.78, 5) is 43.1. The van der Waals surface area contributed by atoms with E-state index in [1.54, 1.807) is 23.5 Å². The van der Waals surface area contributed by atoms with Crippen LogP contribution in [0.4, 0.5) is 0 Å². The van der Waals surface area contributed by atoms with Gasteiger partial charge in [-0.1, -0.05) is 23.6 Å². The summed E-state index contributed by atoms with van der Waals surface area (Å²) in [5.74, 6) is -3.72. The molecular weight excluding hydrogens is 230 g/mol. The van der Waals surface area contributed by atoms with Crippen LogP contribution in [0.25, 0.3) is 0 Å². The van der Waals surface area contributed by atoms with Crippen molar-refractivity contribution in [2.75, 3.05) is 0 Å². The average Bonchev–Trinajstić information content (AvgIpc) is 2.29. The van der Waals surface area contributed by atoms with Crippen molar-refractivity contribution in [1.29, 1.82) is 0 Å². The van der Waals surface area contributed by atoms with Crippen LogP contribution < -0.4 is 10.7 Å². The van der Waals surface area contributed by atoms with Gasteiger partial charge in [0.25, 0.3) is 5.91 Å². The summed E-state index contributed by atoms with van der Waals surface area (Å²) in [6.07, 6.45) is 0. The van der Waals surface area contributed by atoms with E-state index in [0.717, 1.165) is 5.43 Å². The van der Waals surface area contributed by atoms with E-state index in [1.165, 1.54) is 12.1 Å². The molecule has 3 amide bonds. The third kappa shape index (κ3) is 3.70. The molecule has 88 valence electrons. The largest absolute Gasteiger partial charge is 0.368 e. The minimum Gasteiger partial charge on any atom is -0.284 e. The molecule has 17 heavy (non-hydrogen) atoms. The van der Waals surface area contributed by atoms with Gasteiger partial charge in [0.05, 0.1) is 0 Å². The minimum atomic E-state index is -1.51. The maximum Gasteiger partial charge on any atom is 0.368 e. The SMILES string of the molecule is O=C(NC(=O)c1ccccc1)C(=O)N[N+](=O)[O-]. The van der Waals surface area contributed by atoms with Crippen LogP contribution in [-0.2, 0) is 9.59 Å². The van der Waals surface area contributed by atoms with E-state index in [-0.39, 0.29) is 5.56 Å². The van der Waals surface area contributed by atoms with E-state index in [0.29, 0.717) is 0 Å². The van der Waals surface area contributed by atoms with Crippen molar-refractivity contribution < 1.29 is 19.4 Å². The van der Waals surface area contributed by atoms with E-state index < -0.39 is 22.8 Å². The van der Waals surface area contributed by atoms with Crippen molar-refractivity contribution >= 4 is 17.7 Å². The van der Waals surface area contributed by atoms with Crippen LogP contribution in [0.2, 0.25) is 0 Å². The Kier molecular flexibility index (Phi) is 3.87. The molecule has 0 heterocycles. The smallest absolute Gasteiger partial charge is 0.284 e. The van der Waals surface area contributed by atoms with Gasteiger partial charge >= 0.3 is 11.8 Å². The molecule has 0 spiro atoms. The van der Waals surface area contributed by atoms with E-state index in [1.807, 2.05) is 0 Å². The quantitative estimate of drug-likeness (QED) is 0.398. The Hall–Kier alpha value is -2.77. The number of nitro groups is 1. The number of hydrazine groups is 1. The Balaban J connectivity index is 2.61. The van der Waals surface area contributed by atoms with Gasteiger partial charge in [-0.25, -0.2) is 10.1 Å². The normalized spacial score (nSPS) is 9.18. The number of carbonyl (C=O) groups is 3. The lowest BCUT2D eigenvalue weighted by atomic mass is 10.2. The van der Waals surface area contributed by atoms with Gasteiger partial charge < -0.3 is 0 Å². The number of benzene rings is 1. The molecule has 1 rings (SSSR count). The zero-order chi connectivity index (χ0) is 12.8. The summed E-state index contributed by atoms with van der Waals surface area (Å²) in [6, 6.07) is 7.65. The van der Waals surface area contributed by atoms with Gasteiger partial charge in [-0.2, -0.15) is 0 Å². The zero-order valence-electron chi connectivity index (χ0n) is 8.38. The van der Waals surface area contributed by atoms with E-state index in [9.17, 15) is 24.5 Å². The lowest BCUT2D eigenvalue weighted by molar-refractivity contribution is -0.529. The summed E-state index contributed by atoms with van der Waals surface area (Å²) < 4.78 is 0. The van der Waals surface area contributed by atoms with Gasteiger partial charge in [0, 0.05) is 5.56 Å².